The summed E-state index contributed by atoms with van der Waals surface area (Å²) in [5.74, 6) is 0. The molecule has 4 heteroatoms. The highest BCUT2D eigenvalue weighted by Gasteiger charge is 2.39. The third-order valence-electron chi connectivity index (χ3n) is 6.49. The molecule has 3 nitrogen and oxygen atoms in total. The first kappa shape index (κ1) is 20.0. The molecule has 1 N–H and O–H groups in total. The molecule has 1 aromatic heterocycles. The lowest BCUT2D eigenvalue weighted by Crippen LogP contribution is -2.49. The highest BCUT2D eigenvalue weighted by Crippen LogP contribution is 2.43. The number of benzene rings is 2. The van der Waals surface area contributed by atoms with Crippen molar-refractivity contribution in [2.24, 2.45) is 0 Å². The molecule has 0 radical (unpaired) electrons. The average molecular weight is 387 g/mol. The van der Waals surface area contributed by atoms with E-state index in [1.807, 2.05) is 13.8 Å². The Hall–Kier alpha value is -2.30. The molecule has 150 valence electrons. The van der Waals surface area contributed by atoms with Gasteiger partial charge >= 0.3 is 0 Å². The maximum Gasteiger partial charge on any atom is 0.286 e. The largest absolute Gasteiger partial charge is 0.431 e. The first-order valence-electron chi connectivity index (χ1n) is 10.3. The molecule has 0 aliphatic heterocycles. The van der Waals surface area contributed by atoms with Crippen LogP contribution in [-0.2, 0) is 11.1 Å². The Labute approximate surface area is 174 Å². The zero-order chi connectivity index (χ0) is 20.9. The van der Waals surface area contributed by atoms with Crippen LogP contribution in [-0.4, -0.2) is 28.4 Å². The Morgan fingerprint density at radius 3 is 2.34 bits per heavy atom. The standard InChI is InChI=1S/C25H30BNO2/c1-23(2,28)24(3,4)29-26-25(5)16-15-20-19-13-9-10-14-21(19)27(22(20)17-25)18-11-7-6-8-12-18/h6-16,26,28H,17H2,1-5H3/t25-/m1/s1. The van der Waals surface area contributed by atoms with Crippen molar-refractivity contribution in [3.8, 4) is 5.69 Å². The van der Waals surface area contributed by atoms with Crippen molar-refractivity contribution >= 4 is 24.5 Å². The molecule has 2 aromatic carbocycles. The lowest BCUT2D eigenvalue weighted by molar-refractivity contribution is -0.0915. The molecule has 0 fully saturated rings. The van der Waals surface area contributed by atoms with Gasteiger partial charge in [-0.2, -0.15) is 0 Å². The van der Waals surface area contributed by atoms with Gasteiger partial charge in [0.15, 0.2) is 0 Å². The first-order chi connectivity index (χ1) is 13.6. The molecule has 1 heterocycles. The van der Waals surface area contributed by atoms with Crippen molar-refractivity contribution in [2.75, 3.05) is 0 Å². The molecule has 1 aliphatic rings. The summed E-state index contributed by atoms with van der Waals surface area (Å²) in [5, 5.41) is 11.6. The van der Waals surface area contributed by atoms with Gasteiger partial charge in [0.25, 0.3) is 7.48 Å². The lowest BCUT2D eigenvalue weighted by atomic mass is 9.59. The van der Waals surface area contributed by atoms with Gasteiger partial charge in [-0.15, -0.1) is 0 Å². The highest BCUT2D eigenvalue weighted by molar-refractivity contribution is 6.34. The van der Waals surface area contributed by atoms with Gasteiger partial charge in [-0.05, 0) is 57.6 Å². The van der Waals surface area contributed by atoms with E-state index >= 15 is 0 Å². The van der Waals surface area contributed by atoms with Crippen LogP contribution in [0.3, 0.4) is 0 Å². The zero-order valence-corrected chi connectivity index (χ0v) is 18.1. The Bertz CT molecular complexity index is 1060. The Morgan fingerprint density at radius 2 is 1.66 bits per heavy atom. The van der Waals surface area contributed by atoms with Gasteiger partial charge < -0.3 is 14.3 Å². The molecule has 0 saturated carbocycles. The van der Waals surface area contributed by atoms with Crippen molar-refractivity contribution in [1.29, 1.82) is 0 Å². The number of hydrogen-bond donors (Lipinski definition) is 1. The zero-order valence-electron chi connectivity index (χ0n) is 18.1. The number of hydrogen-bond acceptors (Lipinski definition) is 2. The molecule has 0 unspecified atom stereocenters. The quantitative estimate of drug-likeness (QED) is 0.603. The second-order valence-corrected chi connectivity index (χ2v) is 9.57. The fraction of sp³-hybridized carbons (Fsp3) is 0.360. The third kappa shape index (κ3) is 3.56. The molecule has 0 bridgehead atoms. The minimum Gasteiger partial charge on any atom is -0.431 e. The fourth-order valence-corrected chi connectivity index (χ4v) is 3.90. The van der Waals surface area contributed by atoms with E-state index in [2.05, 4.69) is 78.2 Å². The van der Waals surface area contributed by atoms with E-state index in [-0.39, 0.29) is 5.31 Å². The minimum atomic E-state index is -0.911. The summed E-state index contributed by atoms with van der Waals surface area (Å²) in [6, 6.07) is 19.2. The van der Waals surface area contributed by atoms with Crippen LogP contribution in [0.1, 0.15) is 45.9 Å². The van der Waals surface area contributed by atoms with Gasteiger partial charge in [-0.25, -0.2) is 0 Å². The van der Waals surface area contributed by atoms with Crippen LogP contribution in [0.5, 0.6) is 0 Å². The summed E-state index contributed by atoms with van der Waals surface area (Å²) < 4.78 is 8.64. The van der Waals surface area contributed by atoms with Crippen molar-refractivity contribution < 1.29 is 9.76 Å². The van der Waals surface area contributed by atoms with Crippen LogP contribution >= 0.6 is 0 Å². The van der Waals surface area contributed by atoms with Crippen molar-refractivity contribution in [3.05, 3.63) is 71.9 Å². The Kier molecular flexibility index (Phi) is 4.75. The summed E-state index contributed by atoms with van der Waals surface area (Å²) in [5.41, 5.74) is 3.48. The predicted octanol–water partition coefficient (Wildman–Crippen LogP) is 5.30. The summed E-state index contributed by atoms with van der Waals surface area (Å²) in [6.45, 7) is 9.75. The van der Waals surface area contributed by atoms with Crippen LogP contribution in [0.15, 0.2) is 60.7 Å². The van der Waals surface area contributed by atoms with E-state index in [9.17, 15) is 5.11 Å². The summed E-state index contributed by atoms with van der Waals surface area (Å²) >= 11 is 0. The normalized spacial score (nSPS) is 19.4. The number of fused-ring (bicyclic) bond motifs is 3. The van der Waals surface area contributed by atoms with Gasteiger partial charge in [-0.3, -0.25) is 0 Å². The summed E-state index contributed by atoms with van der Waals surface area (Å²) in [4.78, 5) is 0. The second-order valence-electron chi connectivity index (χ2n) is 9.57. The first-order valence-corrected chi connectivity index (χ1v) is 10.3. The maximum absolute atomic E-state index is 10.5. The second kappa shape index (κ2) is 6.89. The molecule has 4 rings (SSSR count). The van der Waals surface area contributed by atoms with E-state index in [0.717, 1.165) is 6.42 Å². The number of aromatic nitrogens is 1. The van der Waals surface area contributed by atoms with Gasteiger partial charge in [0.1, 0.15) is 0 Å². The van der Waals surface area contributed by atoms with Crippen LogP contribution < -0.4 is 0 Å². The molecular formula is C25H30BNO2. The van der Waals surface area contributed by atoms with Crippen LogP contribution in [0.25, 0.3) is 22.7 Å². The molecule has 1 aliphatic carbocycles. The van der Waals surface area contributed by atoms with Crippen molar-refractivity contribution in [2.45, 2.75) is 57.6 Å². The summed E-state index contributed by atoms with van der Waals surface area (Å²) in [6.07, 6.45) is 5.41. The van der Waals surface area contributed by atoms with Crippen molar-refractivity contribution in [1.82, 2.24) is 4.57 Å². The van der Waals surface area contributed by atoms with Crippen LogP contribution in [0, 0.1) is 0 Å². The van der Waals surface area contributed by atoms with E-state index in [0.29, 0.717) is 7.48 Å². The summed E-state index contributed by atoms with van der Waals surface area (Å²) in [7, 11) is 0.552. The lowest BCUT2D eigenvalue weighted by Gasteiger charge is -2.40. The number of allylic oxidation sites excluding steroid dienone is 1. The smallest absolute Gasteiger partial charge is 0.286 e. The van der Waals surface area contributed by atoms with Gasteiger partial charge in [0.05, 0.1) is 16.7 Å². The van der Waals surface area contributed by atoms with E-state index in [1.54, 1.807) is 13.8 Å². The Morgan fingerprint density at radius 1 is 1.00 bits per heavy atom. The topological polar surface area (TPSA) is 34.4 Å². The van der Waals surface area contributed by atoms with Crippen molar-refractivity contribution in [3.63, 3.8) is 0 Å². The third-order valence-corrected chi connectivity index (χ3v) is 6.49. The minimum absolute atomic E-state index is 0.142. The van der Waals surface area contributed by atoms with Gasteiger partial charge in [0, 0.05) is 22.3 Å². The Balaban J connectivity index is 1.74. The maximum atomic E-state index is 10.5. The molecule has 1 atom stereocenters. The monoisotopic (exact) mass is 387 g/mol. The number of para-hydroxylation sites is 2. The molecule has 0 spiro atoms. The number of rotatable bonds is 5. The van der Waals surface area contributed by atoms with Crippen LogP contribution in [0.4, 0.5) is 0 Å². The fourth-order valence-electron chi connectivity index (χ4n) is 3.90. The highest BCUT2D eigenvalue weighted by atomic mass is 16.5. The number of nitrogens with zero attached hydrogens (tertiary/aromatic N) is 1. The molecule has 0 saturated heterocycles. The van der Waals surface area contributed by atoms with E-state index < -0.39 is 11.2 Å². The van der Waals surface area contributed by atoms with E-state index in [4.69, 9.17) is 4.65 Å². The van der Waals surface area contributed by atoms with Gasteiger partial charge in [-0.1, -0.05) is 55.5 Å². The van der Waals surface area contributed by atoms with Crippen LogP contribution in [0.2, 0.25) is 5.31 Å². The number of aliphatic hydroxyl groups is 1. The molecule has 3 aromatic rings. The predicted molar refractivity (Wildman–Crippen MR) is 123 cm³/mol. The SMILES string of the molecule is CC(C)(O)C(C)(C)OB[C@]1(C)C=Cc2c(n(-c3ccccc3)c3ccccc23)C1. The van der Waals surface area contributed by atoms with Gasteiger partial charge in [0.2, 0.25) is 0 Å². The van der Waals surface area contributed by atoms with E-state index in [1.165, 1.54) is 27.8 Å². The average Bonchev–Trinajstić information content (AvgIpc) is 2.99. The molecule has 0 amide bonds. The molecule has 29 heavy (non-hydrogen) atoms. The molecular weight excluding hydrogens is 357 g/mol.